The van der Waals surface area contributed by atoms with Crippen LogP contribution in [0.5, 0.6) is 11.5 Å². The molecule has 0 fully saturated rings. The van der Waals surface area contributed by atoms with Gasteiger partial charge in [-0.15, -0.1) is 0 Å². The number of hydrogen-bond acceptors (Lipinski definition) is 5. The van der Waals surface area contributed by atoms with Gasteiger partial charge in [0.25, 0.3) is 0 Å². The highest BCUT2D eigenvalue weighted by molar-refractivity contribution is 7.84. The SMILES string of the molecule is COc1ccc(S(=O)Cc2c(OC(Cn3ccnc3)c3ccccc3)ccc3c2CCCC3=O)cc1. The summed E-state index contributed by atoms with van der Waals surface area (Å²) in [5.74, 6) is 1.79. The minimum atomic E-state index is -1.32. The molecule has 36 heavy (non-hydrogen) atoms. The number of benzene rings is 3. The molecular formula is C29H28N2O4S. The van der Waals surface area contributed by atoms with Crippen molar-refractivity contribution < 1.29 is 18.5 Å². The van der Waals surface area contributed by atoms with E-state index in [1.807, 2.05) is 77.5 Å². The Morgan fingerprint density at radius 2 is 1.83 bits per heavy atom. The van der Waals surface area contributed by atoms with Crippen LogP contribution < -0.4 is 9.47 Å². The summed E-state index contributed by atoms with van der Waals surface area (Å²) in [6.45, 7) is 0.570. The molecule has 2 atom stereocenters. The average molecular weight is 501 g/mol. The Bertz CT molecular complexity index is 1350. The molecule has 4 aromatic rings. The van der Waals surface area contributed by atoms with Gasteiger partial charge in [-0.1, -0.05) is 30.3 Å². The van der Waals surface area contributed by atoms with Crippen molar-refractivity contribution in [3.8, 4) is 11.5 Å². The van der Waals surface area contributed by atoms with Gasteiger partial charge in [0, 0.05) is 34.8 Å². The van der Waals surface area contributed by atoms with Crippen LogP contribution in [0.15, 0.2) is 90.3 Å². The summed E-state index contributed by atoms with van der Waals surface area (Å²) in [5.41, 5.74) is 3.56. The Hall–Kier alpha value is -3.71. The summed E-state index contributed by atoms with van der Waals surface area (Å²) in [4.78, 5) is 17.6. The predicted molar refractivity (Wildman–Crippen MR) is 139 cm³/mol. The molecule has 3 aromatic carbocycles. The average Bonchev–Trinajstić information content (AvgIpc) is 3.43. The van der Waals surface area contributed by atoms with Crippen molar-refractivity contribution in [1.29, 1.82) is 0 Å². The van der Waals surface area contributed by atoms with E-state index in [1.165, 1.54) is 0 Å². The second-order valence-corrected chi connectivity index (χ2v) is 10.2. The molecule has 0 N–H and O–H groups in total. The monoisotopic (exact) mass is 500 g/mol. The van der Waals surface area contributed by atoms with E-state index in [1.54, 1.807) is 19.6 Å². The number of methoxy groups -OCH3 is 1. The smallest absolute Gasteiger partial charge is 0.163 e. The van der Waals surface area contributed by atoms with Crippen molar-refractivity contribution in [3.05, 3.63) is 108 Å². The summed E-state index contributed by atoms with van der Waals surface area (Å²) in [5, 5.41) is 0. The van der Waals surface area contributed by atoms with Crippen molar-refractivity contribution >= 4 is 16.6 Å². The lowest BCUT2D eigenvalue weighted by atomic mass is 9.87. The first-order valence-corrected chi connectivity index (χ1v) is 13.3. The Morgan fingerprint density at radius 3 is 2.56 bits per heavy atom. The van der Waals surface area contributed by atoms with Crippen molar-refractivity contribution in [1.82, 2.24) is 9.55 Å². The van der Waals surface area contributed by atoms with Crippen molar-refractivity contribution in [2.24, 2.45) is 0 Å². The molecular weight excluding hydrogens is 472 g/mol. The van der Waals surface area contributed by atoms with Crippen LogP contribution in [0.1, 0.15) is 46.0 Å². The topological polar surface area (TPSA) is 70.4 Å². The Labute approximate surface area is 213 Å². The van der Waals surface area contributed by atoms with Gasteiger partial charge in [-0.3, -0.25) is 9.00 Å². The molecule has 6 nitrogen and oxygen atoms in total. The van der Waals surface area contributed by atoms with E-state index in [9.17, 15) is 9.00 Å². The summed E-state index contributed by atoms with van der Waals surface area (Å²) in [6.07, 6.45) is 7.23. The molecule has 0 amide bonds. The van der Waals surface area contributed by atoms with Crippen LogP contribution in [0.2, 0.25) is 0 Å². The molecule has 1 aliphatic carbocycles. The lowest BCUT2D eigenvalue weighted by molar-refractivity contribution is 0.0972. The molecule has 184 valence electrons. The quantitative estimate of drug-likeness (QED) is 0.302. The zero-order valence-electron chi connectivity index (χ0n) is 20.1. The Morgan fingerprint density at radius 1 is 1.03 bits per heavy atom. The van der Waals surface area contributed by atoms with Gasteiger partial charge in [-0.2, -0.15) is 0 Å². The summed E-state index contributed by atoms with van der Waals surface area (Å²) < 4.78 is 27.3. The van der Waals surface area contributed by atoms with Gasteiger partial charge in [0.15, 0.2) is 5.78 Å². The fourth-order valence-electron chi connectivity index (χ4n) is 4.61. The molecule has 0 saturated carbocycles. The number of aromatic nitrogens is 2. The number of carbonyl (C=O) groups is 1. The highest BCUT2D eigenvalue weighted by Crippen LogP contribution is 2.36. The van der Waals surface area contributed by atoms with Crippen molar-refractivity contribution in [2.75, 3.05) is 7.11 Å². The normalized spacial score (nSPS) is 14.6. The number of carbonyl (C=O) groups excluding carboxylic acids is 1. The number of Topliss-reactive ketones (excluding diaryl/α,β-unsaturated/α-hetero) is 1. The third-order valence-electron chi connectivity index (χ3n) is 6.49. The summed E-state index contributed by atoms with van der Waals surface area (Å²) in [6, 6.07) is 21.0. The molecule has 1 aromatic heterocycles. The third-order valence-corrected chi connectivity index (χ3v) is 7.84. The second-order valence-electron chi connectivity index (χ2n) is 8.79. The number of fused-ring (bicyclic) bond motifs is 1. The van der Waals surface area contributed by atoms with E-state index in [4.69, 9.17) is 9.47 Å². The van der Waals surface area contributed by atoms with E-state index in [0.717, 1.165) is 35.1 Å². The standard InChI is InChI=1S/C29H28N2O4S/c1-34-22-10-12-23(13-11-22)36(33)19-26-24-8-5-9-27(32)25(24)14-15-28(26)35-29(18-31-17-16-30-20-31)21-6-3-2-4-7-21/h2-4,6-7,10-17,20,29H,5,8-9,18-19H2,1H3. The van der Waals surface area contributed by atoms with Crippen LogP contribution in [-0.4, -0.2) is 26.7 Å². The van der Waals surface area contributed by atoms with Crippen LogP contribution in [0.4, 0.5) is 0 Å². The first-order valence-electron chi connectivity index (χ1n) is 12.0. The van der Waals surface area contributed by atoms with Crippen LogP contribution in [0.3, 0.4) is 0 Å². The van der Waals surface area contributed by atoms with Gasteiger partial charge >= 0.3 is 0 Å². The second kappa shape index (κ2) is 10.9. The molecule has 0 spiro atoms. The van der Waals surface area contributed by atoms with E-state index in [-0.39, 0.29) is 17.6 Å². The first kappa shape index (κ1) is 24.0. The molecule has 0 saturated heterocycles. The molecule has 5 rings (SSSR count). The van der Waals surface area contributed by atoms with Crippen molar-refractivity contribution in [2.45, 2.75) is 42.6 Å². The van der Waals surface area contributed by atoms with Gasteiger partial charge in [-0.05, 0) is 60.4 Å². The van der Waals surface area contributed by atoms with Gasteiger partial charge < -0.3 is 14.0 Å². The highest BCUT2D eigenvalue weighted by Gasteiger charge is 2.26. The molecule has 2 unspecified atom stereocenters. The Balaban J connectivity index is 1.52. The molecule has 0 bridgehead atoms. The molecule has 0 aliphatic heterocycles. The zero-order chi connectivity index (χ0) is 24.9. The number of ketones is 1. The van der Waals surface area contributed by atoms with Crippen LogP contribution >= 0.6 is 0 Å². The minimum absolute atomic E-state index is 0.136. The molecule has 1 aliphatic rings. The van der Waals surface area contributed by atoms with Gasteiger partial charge in [0.05, 0.1) is 36.5 Å². The fourth-order valence-corrected chi connectivity index (χ4v) is 5.79. The van der Waals surface area contributed by atoms with Crippen LogP contribution in [0.25, 0.3) is 0 Å². The number of imidazole rings is 1. The van der Waals surface area contributed by atoms with Crippen molar-refractivity contribution in [3.63, 3.8) is 0 Å². The molecule has 7 heteroatoms. The number of hydrogen-bond donors (Lipinski definition) is 0. The lowest BCUT2D eigenvalue weighted by Gasteiger charge is -2.25. The first-order chi connectivity index (χ1) is 17.6. The van der Waals surface area contributed by atoms with Crippen LogP contribution in [0, 0.1) is 0 Å². The summed E-state index contributed by atoms with van der Waals surface area (Å²) in [7, 11) is 0.290. The van der Waals surface area contributed by atoms with E-state index in [2.05, 4.69) is 4.98 Å². The zero-order valence-corrected chi connectivity index (χ0v) is 20.9. The highest BCUT2D eigenvalue weighted by atomic mass is 32.2. The maximum absolute atomic E-state index is 13.5. The number of ether oxygens (including phenoxy) is 2. The van der Waals surface area contributed by atoms with Gasteiger partial charge in [-0.25, -0.2) is 4.98 Å². The van der Waals surface area contributed by atoms with Crippen LogP contribution in [-0.2, 0) is 29.5 Å². The largest absolute Gasteiger partial charge is 0.497 e. The van der Waals surface area contributed by atoms with E-state index < -0.39 is 10.8 Å². The summed E-state index contributed by atoms with van der Waals surface area (Å²) >= 11 is 0. The predicted octanol–water partition coefficient (Wildman–Crippen LogP) is 5.54. The van der Waals surface area contributed by atoms with E-state index >= 15 is 0 Å². The minimum Gasteiger partial charge on any atom is -0.497 e. The number of nitrogens with zero attached hydrogens (tertiary/aromatic N) is 2. The maximum Gasteiger partial charge on any atom is 0.163 e. The van der Waals surface area contributed by atoms with Gasteiger partial charge in [0.2, 0.25) is 0 Å². The van der Waals surface area contributed by atoms with E-state index in [0.29, 0.717) is 29.4 Å². The Kier molecular flexibility index (Phi) is 7.28. The fraction of sp³-hybridized carbons (Fsp3) is 0.241. The number of rotatable bonds is 9. The van der Waals surface area contributed by atoms with Gasteiger partial charge in [0.1, 0.15) is 17.6 Å². The molecule has 1 heterocycles. The lowest BCUT2D eigenvalue weighted by Crippen LogP contribution is -2.18. The molecule has 0 radical (unpaired) electrons. The third kappa shape index (κ3) is 5.26. The maximum atomic E-state index is 13.5.